The van der Waals surface area contributed by atoms with E-state index in [1.807, 2.05) is 30.3 Å². The minimum Gasteiger partial charge on any atom is -0.257 e. The van der Waals surface area contributed by atoms with Gasteiger partial charge in [-0.05, 0) is 22.6 Å². The van der Waals surface area contributed by atoms with Crippen molar-refractivity contribution < 1.29 is 0 Å². The first kappa shape index (κ1) is 12.5. The van der Waals surface area contributed by atoms with E-state index in [0.717, 1.165) is 14.8 Å². The fourth-order valence-corrected chi connectivity index (χ4v) is 2.35. The van der Waals surface area contributed by atoms with Gasteiger partial charge in [0.1, 0.15) is 11.5 Å². The molecule has 0 atom stereocenters. The molecule has 5 nitrogen and oxygen atoms in total. The van der Waals surface area contributed by atoms with Crippen molar-refractivity contribution >= 4 is 34.2 Å². The van der Waals surface area contributed by atoms with Crippen molar-refractivity contribution in [3.05, 3.63) is 45.4 Å². The van der Waals surface area contributed by atoms with E-state index in [2.05, 4.69) is 47.7 Å². The van der Waals surface area contributed by atoms with Crippen LogP contribution in [0.3, 0.4) is 0 Å². The largest absolute Gasteiger partial charge is 0.257 e. The number of halogens is 2. The average molecular weight is 384 g/mol. The van der Waals surface area contributed by atoms with E-state index in [1.165, 1.54) is 6.33 Å². The predicted octanol–water partition coefficient (Wildman–Crippen LogP) is 3.19. The van der Waals surface area contributed by atoms with Crippen LogP contribution in [0.2, 0.25) is 5.15 Å². The number of aromatic amines is 1. The summed E-state index contributed by atoms with van der Waals surface area (Å²) in [5, 5.41) is 6.93. The first-order valence-electron chi connectivity index (χ1n) is 5.40. The lowest BCUT2D eigenvalue weighted by atomic mass is 10.1. The first-order chi connectivity index (χ1) is 9.25. The molecule has 0 aliphatic rings. The molecule has 0 unspecified atom stereocenters. The number of rotatable bonds is 2. The van der Waals surface area contributed by atoms with E-state index in [0.29, 0.717) is 16.8 Å². The lowest BCUT2D eigenvalue weighted by molar-refractivity contribution is 1.06. The van der Waals surface area contributed by atoms with Crippen LogP contribution < -0.4 is 0 Å². The molecule has 7 heteroatoms. The number of hydrogen-bond acceptors (Lipinski definition) is 4. The molecular formula is C12H7ClIN5. The molecule has 0 fully saturated rings. The highest BCUT2D eigenvalue weighted by Crippen LogP contribution is 2.29. The second kappa shape index (κ2) is 5.22. The van der Waals surface area contributed by atoms with Crippen molar-refractivity contribution in [2.45, 2.75) is 0 Å². The fourth-order valence-electron chi connectivity index (χ4n) is 1.63. The second-order valence-electron chi connectivity index (χ2n) is 3.70. The maximum atomic E-state index is 6.17. The Labute approximate surface area is 127 Å². The first-order valence-corrected chi connectivity index (χ1v) is 6.85. The molecule has 0 saturated carbocycles. The molecule has 1 N–H and O–H groups in total. The SMILES string of the molecule is Clc1nc(-c2ncn[nH]2)nc(-c2ccccc2)c1I. The highest BCUT2D eigenvalue weighted by molar-refractivity contribution is 14.1. The van der Waals surface area contributed by atoms with Crippen LogP contribution in [0.5, 0.6) is 0 Å². The summed E-state index contributed by atoms with van der Waals surface area (Å²) in [5.41, 5.74) is 1.77. The quantitative estimate of drug-likeness (QED) is 0.545. The Morgan fingerprint density at radius 2 is 1.89 bits per heavy atom. The number of H-pyrrole nitrogens is 1. The van der Waals surface area contributed by atoms with E-state index in [1.54, 1.807) is 0 Å². The number of aromatic nitrogens is 5. The van der Waals surface area contributed by atoms with Crippen molar-refractivity contribution in [2.75, 3.05) is 0 Å². The molecule has 0 amide bonds. The Bertz CT molecular complexity index is 700. The van der Waals surface area contributed by atoms with Gasteiger partial charge in [-0.2, -0.15) is 5.10 Å². The summed E-state index contributed by atoms with van der Waals surface area (Å²) in [4.78, 5) is 12.8. The minimum atomic E-state index is 0.404. The Kier molecular flexibility index (Phi) is 3.43. The Morgan fingerprint density at radius 1 is 1.11 bits per heavy atom. The lowest BCUT2D eigenvalue weighted by Gasteiger charge is -2.06. The maximum absolute atomic E-state index is 6.17. The predicted molar refractivity (Wildman–Crippen MR) is 80.6 cm³/mol. The summed E-state index contributed by atoms with van der Waals surface area (Å²) in [6.45, 7) is 0. The van der Waals surface area contributed by atoms with Crippen molar-refractivity contribution in [3.8, 4) is 22.9 Å². The van der Waals surface area contributed by atoms with Crippen molar-refractivity contribution in [1.82, 2.24) is 25.1 Å². The van der Waals surface area contributed by atoms with E-state index < -0.39 is 0 Å². The van der Waals surface area contributed by atoms with Crippen LogP contribution in [0.4, 0.5) is 0 Å². The highest BCUT2D eigenvalue weighted by atomic mass is 127. The van der Waals surface area contributed by atoms with Gasteiger partial charge in [-0.3, -0.25) is 5.10 Å². The van der Waals surface area contributed by atoms with Crippen LogP contribution in [-0.2, 0) is 0 Å². The van der Waals surface area contributed by atoms with Crippen LogP contribution in [0.15, 0.2) is 36.7 Å². The zero-order valence-corrected chi connectivity index (χ0v) is 12.4. The van der Waals surface area contributed by atoms with Gasteiger partial charge in [0.25, 0.3) is 0 Å². The normalized spacial score (nSPS) is 10.6. The number of nitrogens with one attached hydrogen (secondary N) is 1. The summed E-state index contributed by atoms with van der Waals surface area (Å²) in [5.74, 6) is 0.928. The summed E-state index contributed by atoms with van der Waals surface area (Å²) in [6.07, 6.45) is 1.41. The van der Waals surface area contributed by atoms with Gasteiger partial charge in [0, 0.05) is 5.56 Å². The van der Waals surface area contributed by atoms with Crippen LogP contribution in [0.25, 0.3) is 22.9 Å². The number of nitrogens with zero attached hydrogens (tertiary/aromatic N) is 4. The maximum Gasteiger partial charge on any atom is 0.199 e. The topological polar surface area (TPSA) is 67.3 Å². The fraction of sp³-hybridized carbons (Fsp3) is 0. The molecule has 3 aromatic rings. The third-order valence-corrected chi connectivity index (χ3v) is 4.10. The molecule has 94 valence electrons. The minimum absolute atomic E-state index is 0.404. The van der Waals surface area contributed by atoms with Crippen LogP contribution >= 0.6 is 34.2 Å². The van der Waals surface area contributed by atoms with Crippen molar-refractivity contribution in [1.29, 1.82) is 0 Å². The van der Waals surface area contributed by atoms with Gasteiger partial charge < -0.3 is 0 Å². The Hall–Kier alpha value is -1.54. The molecule has 2 aromatic heterocycles. The van der Waals surface area contributed by atoms with Gasteiger partial charge in [-0.25, -0.2) is 15.0 Å². The molecule has 0 radical (unpaired) electrons. The standard InChI is InChI=1S/C12H7ClIN5/c13-10-8(14)9(7-4-2-1-3-5-7)17-12(18-10)11-15-6-16-19-11/h1-6H,(H,15,16,19). The molecule has 0 aliphatic heterocycles. The average Bonchev–Trinajstić information content (AvgIpc) is 2.97. The summed E-state index contributed by atoms with van der Waals surface area (Å²) >= 11 is 8.30. The molecule has 2 heterocycles. The molecule has 0 aliphatic carbocycles. The van der Waals surface area contributed by atoms with Crippen molar-refractivity contribution in [2.24, 2.45) is 0 Å². The molecule has 0 bridgehead atoms. The molecule has 0 spiro atoms. The van der Waals surface area contributed by atoms with Gasteiger partial charge in [-0.15, -0.1) is 0 Å². The van der Waals surface area contributed by atoms with Gasteiger partial charge >= 0.3 is 0 Å². The monoisotopic (exact) mass is 383 g/mol. The van der Waals surface area contributed by atoms with Crippen LogP contribution in [-0.4, -0.2) is 25.1 Å². The Morgan fingerprint density at radius 3 is 2.58 bits per heavy atom. The third-order valence-electron chi connectivity index (χ3n) is 2.48. The van der Waals surface area contributed by atoms with E-state index >= 15 is 0 Å². The lowest BCUT2D eigenvalue weighted by Crippen LogP contribution is -1.98. The molecule has 1 aromatic carbocycles. The summed E-state index contributed by atoms with van der Waals surface area (Å²) < 4.78 is 0.814. The van der Waals surface area contributed by atoms with Crippen LogP contribution in [0.1, 0.15) is 0 Å². The van der Waals surface area contributed by atoms with Gasteiger partial charge in [0.15, 0.2) is 11.6 Å². The van der Waals surface area contributed by atoms with Gasteiger partial charge in [0.05, 0.1) is 9.26 Å². The molecule has 19 heavy (non-hydrogen) atoms. The number of benzene rings is 1. The van der Waals surface area contributed by atoms with E-state index in [4.69, 9.17) is 11.6 Å². The van der Waals surface area contributed by atoms with Crippen LogP contribution in [0, 0.1) is 3.57 Å². The van der Waals surface area contributed by atoms with E-state index in [9.17, 15) is 0 Å². The van der Waals surface area contributed by atoms with Gasteiger partial charge in [0.2, 0.25) is 0 Å². The van der Waals surface area contributed by atoms with Crippen molar-refractivity contribution in [3.63, 3.8) is 0 Å². The second-order valence-corrected chi connectivity index (χ2v) is 5.14. The third kappa shape index (κ3) is 2.45. The molecular weight excluding hydrogens is 377 g/mol. The smallest absolute Gasteiger partial charge is 0.199 e. The van der Waals surface area contributed by atoms with E-state index in [-0.39, 0.29) is 0 Å². The zero-order chi connectivity index (χ0) is 13.2. The molecule has 3 rings (SSSR count). The zero-order valence-electron chi connectivity index (χ0n) is 9.51. The Balaban J connectivity index is 2.20. The highest BCUT2D eigenvalue weighted by Gasteiger charge is 2.14. The molecule has 0 saturated heterocycles. The summed E-state index contributed by atoms with van der Waals surface area (Å²) in [7, 11) is 0. The van der Waals surface area contributed by atoms with Gasteiger partial charge in [-0.1, -0.05) is 41.9 Å². The number of hydrogen-bond donors (Lipinski definition) is 1. The summed E-state index contributed by atoms with van der Waals surface area (Å²) in [6, 6.07) is 9.82.